The fourth-order valence-corrected chi connectivity index (χ4v) is 3.24. The third-order valence-corrected chi connectivity index (χ3v) is 4.28. The number of rotatable bonds is 4. The van der Waals surface area contributed by atoms with Crippen LogP contribution in [0.4, 0.5) is 0 Å². The van der Waals surface area contributed by atoms with Crippen LogP contribution in [0.15, 0.2) is 0 Å². The highest BCUT2D eigenvalue weighted by Crippen LogP contribution is 2.43. The largest absolute Gasteiger partial charge is 0.353 e. The molecule has 0 saturated carbocycles. The van der Waals surface area contributed by atoms with Gasteiger partial charge < -0.3 is 9.01 Å². The summed E-state index contributed by atoms with van der Waals surface area (Å²) in [7, 11) is 6.63. The summed E-state index contributed by atoms with van der Waals surface area (Å²) in [6.07, 6.45) is 5.51. The molecule has 0 radical (unpaired) electrons. The van der Waals surface area contributed by atoms with Gasteiger partial charge in [-0.2, -0.15) is 0 Å². The minimum atomic E-state index is -0.00816. The van der Waals surface area contributed by atoms with Gasteiger partial charge in [-0.3, -0.25) is 0 Å². The Morgan fingerprint density at radius 2 is 1.75 bits per heavy atom. The lowest BCUT2D eigenvalue weighted by Gasteiger charge is -2.24. The van der Waals surface area contributed by atoms with Crippen molar-refractivity contribution in [2.75, 3.05) is 46.6 Å². The number of nitrogens with zero attached hydrogens (tertiary/aromatic N) is 1. The SMILES string of the molecule is C[N+](C)(C)CCOP1CCCC1. The van der Waals surface area contributed by atoms with Crippen LogP contribution in [0.1, 0.15) is 12.8 Å². The van der Waals surface area contributed by atoms with Crippen molar-refractivity contribution in [1.29, 1.82) is 0 Å². The average Bonchev–Trinajstić information content (AvgIpc) is 2.36. The first-order valence-electron chi connectivity index (χ1n) is 4.76. The van der Waals surface area contributed by atoms with Crippen LogP contribution in [0.3, 0.4) is 0 Å². The summed E-state index contributed by atoms with van der Waals surface area (Å²) in [5, 5.41) is 0. The first kappa shape index (κ1) is 10.4. The Morgan fingerprint density at radius 1 is 1.17 bits per heavy atom. The molecule has 12 heavy (non-hydrogen) atoms. The van der Waals surface area contributed by atoms with Crippen LogP contribution in [-0.2, 0) is 4.52 Å². The normalized spacial score (nSPS) is 20.2. The molecule has 1 aliphatic rings. The van der Waals surface area contributed by atoms with E-state index < -0.39 is 0 Å². The van der Waals surface area contributed by atoms with Gasteiger partial charge in [0.25, 0.3) is 0 Å². The maximum atomic E-state index is 5.83. The molecule has 0 bridgehead atoms. The minimum absolute atomic E-state index is 0.00816. The Kier molecular flexibility index (Phi) is 3.95. The topological polar surface area (TPSA) is 9.23 Å². The minimum Gasteiger partial charge on any atom is -0.353 e. The van der Waals surface area contributed by atoms with E-state index in [4.69, 9.17) is 4.52 Å². The molecule has 0 amide bonds. The van der Waals surface area contributed by atoms with E-state index in [0.29, 0.717) is 0 Å². The number of likely N-dealkylation sites (N-methyl/N-ethyl adjacent to an activating group) is 1. The van der Waals surface area contributed by atoms with Gasteiger partial charge in [0.2, 0.25) is 0 Å². The van der Waals surface area contributed by atoms with Crippen molar-refractivity contribution in [3.05, 3.63) is 0 Å². The summed E-state index contributed by atoms with van der Waals surface area (Å²) in [5.41, 5.74) is 0. The van der Waals surface area contributed by atoms with Crippen LogP contribution in [0, 0.1) is 0 Å². The molecule has 3 heteroatoms. The molecule has 2 nitrogen and oxygen atoms in total. The van der Waals surface area contributed by atoms with Gasteiger partial charge in [0.15, 0.2) is 0 Å². The van der Waals surface area contributed by atoms with E-state index in [2.05, 4.69) is 21.1 Å². The zero-order valence-electron chi connectivity index (χ0n) is 8.55. The molecule has 1 fully saturated rings. The second-order valence-electron chi connectivity index (χ2n) is 4.48. The second kappa shape index (κ2) is 4.55. The first-order chi connectivity index (χ1) is 5.58. The van der Waals surface area contributed by atoms with Crippen molar-refractivity contribution < 1.29 is 9.01 Å². The molecule has 0 aromatic rings. The average molecular weight is 190 g/mol. The van der Waals surface area contributed by atoms with Crippen LogP contribution in [-0.4, -0.2) is 51.1 Å². The van der Waals surface area contributed by atoms with Gasteiger partial charge in [0.1, 0.15) is 6.54 Å². The van der Waals surface area contributed by atoms with Crippen LogP contribution in [0.25, 0.3) is 0 Å². The van der Waals surface area contributed by atoms with Crippen LogP contribution in [0.5, 0.6) is 0 Å². The Morgan fingerprint density at radius 3 is 2.25 bits per heavy atom. The van der Waals surface area contributed by atoms with Crippen LogP contribution in [0.2, 0.25) is 0 Å². The summed E-state index contributed by atoms with van der Waals surface area (Å²) in [6.45, 7) is 2.09. The maximum Gasteiger partial charge on any atom is 0.102 e. The number of quaternary nitrogens is 1. The van der Waals surface area contributed by atoms with Gasteiger partial charge in [0, 0.05) is 8.15 Å². The third-order valence-electron chi connectivity index (χ3n) is 2.10. The first-order valence-corrected chi connectivity index (χ1v) is 6.39. The molecule has 72 valence electrons. The fraction of sp³-hybridized carbons (Fsp3) is 1.00. The smallest absolute Gasteiger partial charge is 0.102 e. The number of hydrogen-bond donors (Lipinski definition) is 0. The van der Waals surface area contributed by atoms with E-state index in [1.807, 2.05) is 0 Å². The highest BCUT2D eigenvalue weighted by atomic mass is 31.1. The van der Waals surface area contributed by atoms with E-state index in [1.54, 1.807) is 0 Å². The van der Waals surface area contributed by atoms with Crippen molar-refractivity contribution >= 4 is 8.15 Å². The Labute approximate surface area is 77.3 Å². The Hall–Kier alpha value is 0.350. The highest BCUT2D eigenvalue weighted by molar-refractivity contribution is 7.52. The molecule has 0 spiro atoms. The van der Waals surface area contributed by atoms with Gasteiger partial charge in [-0.05, 0) is 25.2 Å². The lowest BCUT2D eigenvalue weighted by atomic mass is 10.4. The molecule has 1 saturated heterocycles. The van der Waals surface area contributed by atoms with Gasteiger partial charge in [-0.1, -0.05) is 0 Å². The van der Waals surface area contributed by atoms with Gasteiger partial charge in [-0.25, -0.2) is 0 Å². The molecule has 0 atom stereocenters. The zero-order valence-corrected chi connectivity index (χ0v) is 9.44. The molecule has 0 aromatic heterocycles. The molecule has 0 unspecified atom stereocenters. The summed E-state index contributed by atoms with van der Waals surface area (Å²) in [4.78, 5) is 0. The lowest BCUT2D eigenvalue weighted by molar-refractivity contribution is -0.870. The molecule has 1 aliphatic heterocycles. The van der Waals surface area contributed by atoms with Crippen molar-refractivity contribution in [1.82, 2.24) is 0 Å². The molecule has 0 aromatic carbocycles. The van der Waals surface area contributed by atoms with E-state index in [-0.39, 0.29) is 8.15 Å². The molecular weight excluding hydrogens is 169 g/mol. The maximum absolute atomic E-state index is 5.83. The van der Waals surface area contributed by atoms with Crippen LogP contribution >= 0.6 is 8.15 Å². The monoisotopic (exact) mass is 190 g/mol. The van der Waals surface area contributed by atoms with Crippen LogP contribution < -0.4 is 0 Å². The van der Waals surface area contributed by atoms with Gasteiger partial charge >= 0.3 is 0 Å². The standard InChI is InChI=1S/C9H21NOP/c1-10(2,3)6-7-11-12-8-4-5-9-12/h4-9H2,1-3H3/q+1. The Bertz CT molecular complexity index is 127. The quantitative estimate of drug-likeness (QED) is 0.486. The molecule has 1 heterocycles. The fourth-order valence-electron chi connectivity index (χ4n) is 1.26. The van der Waals surface area contributed by atoms with Gasteiger partial charge in [0.05, 0.1) is 27.7 Å². The summed E-state index contributed by atoms with van der Waals surface area (Å²) >= 11 is 0. The van der Waals surface area contributed by atoms with Crippen molar-refractivity contribution in [2.45, 2.75) is 12.8 Å². The van der Waals surface area contributed by atoms with E-state index >= 15 is 0 Å². The van der Waals surface area contributed by atoms with E-state index in [9.17, 15) is 0 Å². The molecule has 0 N–H and O–H groups in total. The summed E-state index contributed by atoms with van der Waals surface area (Å²) < 4.78 is 6.85. The molecular formula is C9H21NOP+. The predicted octanol–water partition coefficient (Wildman–Crippen LogP) is 1.90. The summed E-state index contributed by atoms with van der Waals surface area (Å²) in [6, 6.07) is 0. The second-order valence-corrected chi connectivity index (χ2v) is 6.60. The van der Waals surface area contributed by atoms with Gasteiger partial charge in [-0.15, -0.1) is 0 Å². The van der Waals surface area contributed by atoms with E-state index in [1.165, 1.54) is 25.2 Å². The molecule has 1 rings (SSSR count). The predicted molar refractivity (Wildman–Crippen MR) is 54.7 cm³/mol. The molecule has 0 aliphatic carbocycles. The highest BCUT2D eigenvalue weighted by Gasteiger charge is 2.16. The van der Waals surface area contributed by atoms with E-state index in [0.717, 1.165) is 17.6 Å². The third kappa shape index (κ3) is 4.39. The van der Waals surface area contributed by atoms with Crippen molar-refractivity contribution in [3.8, 4) is 0 Å². The lowest BCUT2D eigenvalue weighted by Crippen LogP contribution is -2.37. The Balaban J connectivity index is 2.02. The van der Waals surface area contributed by atoms with Crippen molar-refractivity contribution in [2.24, 2.45) is 0 Å². The van der Waals surface area contributed by atoms with Crippen molar-refractivity contribution in [3.63, 3.8) is 0 Å². The number of hydrogen-bond acceptors (Lipinski definition) is 1. The summed E-state index contributed by atoms with van der Waals surface area (Å²) in [5.74, 6) is 0. The zero-order chi connectivity index (χ0) is 9.03.